The number of H-pyrrole nitrogens is 1. The minimum absolute atomic E-state index is 0.417. The van der Waals surface area contributed by atoms with Crippen molar-refractivity contribution >= 4 is 28.7 Å². The Bertz CT molecular complexity index is 707. The fourth-order valence-corrected chi connectivity index (χ4v) is 2.41. The summed E-state index contributed by atoms with van der Waals surface area (Å²) >= 11 is 1.68. The average Bonchev–Trinajstić information content (AvgIpc) is 2.84. The minimum Gasteiger partial charge on any atom is -0.382 e. The molecule has 3 N–H and O–H groups in total. The molecule has 0 fully saturated rings. The molecule has 0 saturated carbocycles. The molecule has 2 aromatic heterocycles. The van der Waals surface area contributed by atoms with Gasteiger partial charge in [0.2, 0.25) is 0 Å². The van der Waals surface area contributed by atoms with Crippen molar-refractivity contribution < 1.29 is 0 Å². The van der Waals surface area contributed by atoms with Gasteiger partial charge in [0.15, 0.2) is 11.5 Å². The van der Waals surface area contributed by atoms with Crippen LogP contribution in [0.1, 0.15) is 0 Å². The summed E-state index contributed by atoms with van der Waals surface area (Å²) in [5, 5.41) is 0. The highest BCUT2D eigenvalue weighted by Gasteiger charge is 2.11. The molecule has 90 valence electrons. The molecular formula is C12H11N5S. The van der Waals surface area contributed by atoms with Gasteiger partial charge in [-0.2, -0.15) is 0 Å². The maximum atomic E-state index is 5.79. The first-order valence-electron chi connectivity index (χ1n) is 5.39. The molecule has 0 radical (unpaired) electrons. The SMILES string of the molecule is CSc1ccccc1-c1nc2ncnc(N)c2[nH]1. The Balaban J connectivity index is 2.23. The topological polar surface area (TPSA) is 80.5 Å². The van der Waals surface area contributed by atoms with Gasteiger partial charge in [0.05, 0.1) is 0 Å². The number of fused-ring (bicyclic) bond motifs is 1. The van der Waals surface area contributed by atoms with Crippen LogP contribution in [0.4, 0.5) is 5.82 Å². The van der Waals surface area contributed by atoms with Gasteiger partial charge in [-0.05, 0) is 12.3 Å². The van der Waals surface area contributed by atoms with Crippen molar-refractivity contribution in [2.75, 3.05) is 12.0 Å². The predicted molar refractivity (Wildman–Crippen MR) is 73.3 cm³/mol. The normalized spacial score (nSPS) is 10.9. The van der Waals surface area contributed by atoms with Gasteiger partial charge in [0.1, 0.15) is 17.7 Å². The van der Waals surface area contributed by atoms with Gasteiger partial charge in [-0.25, -0.2) is 15.0 Å². The van der Waals surface area contributed by atoms with Crippen molar-refractivity contribution in [2.45, 2.75) is 4.90 Å². The second-order valence-electron chi connectivity index (χ2n) is 3.74. The number of nitrogen functional groups attached to an aromatic ring is 1. The summed E-state index contributed by atoms with van der Waals surface area (Å²) in [6.45, 7) is 0. The molecule has 6 heteroatoms. The quantitative estimate of drug-likeness (QED) is 0.689. The van der Waals surface area contributed by atoms with Crippen LogP contribution in [0.2, 0.25) is 0 Å². The van der Waals surface area contributed by atoms with Crippen LogP contribution in [-0.2, 0) is 0 Å². The lowest BCUT2D eigenvalue weighted by Crippen LogP contribution is -1.91. The van der Waals surface area contributed by atoms with Crippen molar-refractivity contribution in [3.63, 3.8) is 0 Å². The molecule has 0 aliphatic carbocycles. The number of benzene rings is 1. The molecule has 0 aliphatic heterocycles. The third kappa shape index (κ3) is 1.70. The first-order chi connectivity index (χ1) is 8.79. The number of hydrogen-bond donors (Lipinski definition) is 2. The van der Waals surface area contributed by atoms with Crippen LogP contribution in [0.25, 0.3) is 22.6 Å². The smallest absolute Gasteiger partial charge is 0.183 e. The summed E-state index contributed by atoms with van der Waals surface area (Å²) in [6.07, 6.45) is 3.46. The first-order valence-corrected chi connectivity index (χ1v) is 6.61. The van der Waals surface area contributed by atoms with Gasteiger partial charge in [0, 0.05) is 10.5 Å². The number of thioether (sulfide) groups is 1. The first kappa shape index (κ1) is 11.0. The molecule has 5 nitrogen and oxygen atoms in total. The average molecular weight is 257 g/mol. The summed E-state index contributed by atoms with van der Waals surface area (Å²) in [6, 6.07) is 8.07. The van der Waals surface area contributed by atoms with Gasteiger partial charge >= 0.3 is 0 Å². The molecule has 0 saturated heterocycles. The van der Waals surface area contributed by atoms with E-state index in [1.807, 2.05) is 24.5 Å². The highest BCUT2D eigenvalue weighted by atomic mass is 32.2. The Kier molecular flexibility index (Phi) is 2.64. The van der Waals surface area contributed by atoms with E-state index in [-0.39, 0.29) is 0 Å². The molecule has 0 aliphatic rings. The number of rotatable bonds is 2. The highest BCUT2D eigenvalue weighted by molar-refractivity contribution is 7.98. The Morgan fingerprint density at radius 2 is 2.06 bits per heavy atom. The van der Waals surface area contributed by atoms with E-state index in [1.54, 1.807) is 11.8 Å². The predicted octanol–water partition coefficient (Wildman–Crippen LogP) is 2.32. The van der Waals surface area contributed by atoms with E-state index in [2.05, 4.69) is 26.0 Å². The Labute approximate surface area is 108 Å². The minimum atomic E-state index is 0.417. The van der Waals surface area contributed by atoms with E-state index in [0.29, 0.717) is 17.0 Å². The molecule has 0 bridgehead atoms. The molecule has 3 rings (SSSR count). The van der Waals surface area contributed by atoms with Crippen molar-refractivity contribution in [1.29, 1.82) is 0 Å². The second kappa shape index (κ2) is 4.30. The Morgan fingerprint density at radius 3 is 2.83 bits per heavy atom. The number of aromatic nitrogens is 4. The van der Waals surface area contributed by atoms with Gasteiger partial charge in [0.25, 0.3) is 0 Å². The van der Waals surface area contributed by atoms with E-state index >= 15 is 0 Å². The molecule has 3 aromatic rings. The largest absolute Gasteiger partial charge is 0.382 e. The van der Waals surface area contributed by atoms with Crippen molar-refractivity contribution in [2.24, 2.45) is 0 Å². The standard InChI is InChI=1S/C12H11N5S/c1-18-8-5-3-2-4-7(8)11-16-9-10(13)14-6-15-12(9)17-11/h2-6H,1H3,(H3,13,14,15,16,17). The lowest BCUT2D eigenvalue weighted by atomic mass is 10.2. The number of hydrogen-bond acceptors (Lipinski definition) is 5. The van der Waals surface area contributed by atoms with Gasteiger partial charge in [-0.3, -0.25) is 0 Å². The molecule has 18 heavy (non-hydrogen) atoms. The molecule has 0 atom stereocenters. The third-order valence-corrected chi connectivity index (χ3v) is 3.48. The number of aromatic amines is 1. The van der Waals surface area contributed by atoms with Crippen LogP contribution >= 0.6 is 11.8 Å². The van der Waals surface area contributed by atoms with E-state index in [0.717, 1.165) is 16.3 Å². The van der Waals surface area contributed by atoms with E-state index in [9.17, 15) is 0 Å². The summed E-state index contributed by atoms with van der Waals surface area (Å²) in [5.41, 5.74) is 8.11. The van der Waals surface area contributed by atoms with Crippen LogP contribution < -0.4 is 5.73 Å². The zero-order chi connectivity index (χ0) is 12.5. The zero-order valence-electron chi connectivity index (χ0n) is 9.71. The highest BCUT2D eigenvalue weighted by Crippen LogP contribution is 2.29. The van der Waals surface area contributed by atoms with Crippen molar-refractivity contribution in [3.05, 3.63) is 30.6 Å². The summed E-state index contributed by atoms with van der Waals surface area (Å²) in [5.74, 6) is 1.18. The van der Waals surface area contributed by atoms with Crippen LogP contribution in [0.15, 0.2) is 35.5 Å². The Morgan fingerprint density at radius 1 is 1.22 bits per heavy atom. The second-order valence-corrected chi connectivity index (χ2v) is 4.59. The maximum absolute atomic E-state index is 5.79. The zero-order valence-corrected chi connectivity index (χ0v) is 10.5. The number of imidazole rings is 1. The molecule has 1 aromatic carbocycles. The number of nitrogens with one attached hydrogen (secondary N) is 1. The number of anilines is 1. The van der Waals surface area contributed by atoms with Crippen molar-refractivity contribution in [3.8, 4) is 11.4 Å². The van der Waals surface area contributed by atoms with E-state index in [1.165, 1.54) is 6.33 Å². The molecular weight excluding hydrogens is 246 g/mol. The number of nitrogens with two attached hydrogens (primary N) is 1. The third-order valence-electron chi connectivity index (χ3n) is 2.68. The summed E-state index contributed by atoms with van der Waals surface area (Å²) in [4.78, 5) is 16.8. The lowest BCUT2D eigenvalue weighted by molar-refractivity contribution is 1.21. The van der Waals surface area contributed by atoms with Gasteiger partial charge in [-0.15, -0.1) is 11.8 Å². The maximum Gasteiger partial charge on any atom is 0.183 e. The number of nitrogens with zero attached hydrogens (tertiary/aromatic N) is 3. The fraction of sp³-hybridized carbons (Fsp3) is 0.0833. The van der Waals surface area contributed by atoms with E-state index < -0.39 is 0 Å². The summed E-state index contributed by atoms with van der Waals surface area (Å²) in [7, 11) is 0. The van der Waals surface area contributed by atoms with Crippen molar-refractivity contribution in [1.82, 2.24) is 19.9 Å². The lowest BCUT2D eigenvalue weighted by Gasteiger charge is -2.02. The molecule has 0 spiro atoms. The van der Waals surface area contributed by atoms with Gasteiger partial charge < -0.3 is 10.7 Å². The van der Waals surface area contributed by atoms with E-state index in [4.69, 9.17) is 5.73 Å². The van der Waals surface area contributed by atoms with Gasteiger partial charge in [-0.1, -0.05) is 18.2 Å². The monoisotopic (exact) mass is 257 g/mol. The molecule has 0 unspecified atom stereocenters. The fourth-order valence-electron chi connectivity index (χ4n) is 1.81. The van der Waals surface area contributed by atoms with Crippen LogP contribution in [-0.4, -0.2) is 26.2 Å². The summed E-state index contributed by atoms with van der Waals surface area (Å²) < 4.78 is 0. The molecule has 2 heterocycles. The Hall–Kier alpha value is -2.08. The molecule has 0 amide bonds. The van der Waals surface area contributed by atoms with Crippen LogP contribution in [0, 0.1) is 0 Å². The van der Waals surface area contributed by atoms with Crippen LogP contribution in [0.5, 0.6) is 0 Å². The van der Waals surface area contributed by atoms with Crippen LogP contribution in [0.3, 0.4) is 0 Å².